The van der Waals surface area contributed by atoms with Crippen LogP contribution in [0.3, 0.4) is 0 Å². The first-order chi connectivity index (χ1) is 7.27. The molecule has 1 fully saturated rings. The SMILES string of the molecule is O=C(c1cccc(Br)c1)N1CCCCO1. The van der Waals surface area contributed by atoms with Crippen LogP contribution in [0.4, 0.5) is 0 Å². The van der Waals surface area contributed by atoms with Crippen molar-refractivity contribution in [2.45, 2.75) is 12.8 Å². The van der Waals surface area contributed by atoms with Crippen molar-refractivity contribution in [3.8, 4) is 0 Å². The van der Waals surface area contributed by atoms with Crippen molar-refractivity contribution < 1.29 is 9.63 Å². The average Bonchev–Trinajstić information content (AvgIpc) is 2.29. The van der Waals surface area contributed by atoms with E-state index in [4.69, 9.17) is 4.84 Å². The van der Waals surface area contributed by atoms with Gasteiger partial charge in [-0.25, -0.2) is 5.06 Å². The van der Waals surface area contributed by atoms with Crippen LogP contribution in [0.1, 0.15) is 23.2 Å². The summed E-state index contributed by atoms with van der Waals surface area (Å²) < 4.78 is 0.908. The lowest BCUT2D eigenvalue weighted by Gasteiger charge is -2.25. The molecule has 0 aromatic heterocycles. The lowest BCUT2D eigenvalue weighted by Crippen LogP contribution is -2.35. The summed E-state index contributed by atoms with van der Waals surface area (Å²) in [4.78, 5) is 17.2. The summed E-state index contributed by atoms with van der Waals surface area (Å²) in [6.45, 7) is 1.32. The van der Waals surface area contributed by atoms with E-state index in [0.717, 1.165) is 17.3 Å². The molecule has 80 valence electrons. The van der Waals surface area contributed by atoms with E-state index in [1.54, 1.807) is 12.1 Å². The topological polar surface area (TPSA) is 29.5 Å². The molecule has 0 N–H and O–H groups in total. The quantitative estimate of drug-likeness (QED) is 0.785. The Labute approximate surface area is 97.1 Å². The van der Waals surface area contributed by atoms with E-state index in [1.807, 2.05) is 12.1 Å². The third kappa shape index (κ3) is 2.58. The number of rotatable bonds is 1. The van der Waals surface area contributed by atoms with Gasteiger partial charge in [0.25, 0.3) is 5.91 Å². The highest BCUT2D eigenvalue weighted by Gasteiger charge is 2.19. The zero-order chi connectivity index (χ0) is 10.7. The molecule has 3 nitrogen and oxygen atoms in total. The van der Waals surface area contributed by atoms with Crippen LogP contribution in [0.5, 0.6) is 0 Å². The fourth-order valence-corrected chi connectivity index (χ4v) is 1.92. The van der Waals surface area contributed by atoms with Gasteiger partial charge in [-0.05, 0) is 31.0 Å². The highest BCUT2D eigenvalue weighted by Crippen LogP contribution is 2.15. The van der Waals surface area contributed by atoms with Crippen molar-refractivity contribution in [3.05, 3.63) is 34.3 Å². The molecule has 1 aromatic rings. The number of carbonyl (C=O) groups excluding carboxylic acids is 1. The van der Waals surface area contributed by atoms with Crippen molar-refractivity contribution >= 4 is 21.8 Å². The third-order valence-corrected chi connectivity index (χ3v) is 2.79. The van der Waals surface area contributed by atoms with E-state index in [1.165, 1.54) is 5.06 Å². The standard InChI is InChI=1S/C11H12BrNO2/c12-10-5-3-4-9(8-10)11(14)13-6-1-2-7-15-13/h3-5,8H,1-2,6-7H2. The van der Waals surface area contributed by atoms with Crippen LogP contribution in [0.25, 0.3) is 0 Å². The second-order valence-corrected chi connectivity index (χ2v) is 4.37. The molecule has 4 heteroatoms. The summed E-state index contributed by atoms with van der Waals surface area (Å²) in [5, 5.41) is 1.45. The molecule has 0 bridgehead atoms. The minimum Gasteiger partial charge on any atom is -0.271 e. The largest absolute Gasteiger partial charge is 0.277 e. The Morgan fingerprint density at radius 1 is 1.40 bits per heavy atom. The van der Waals surface area contributed by atoms with Gasteiger partial charge in [-0.15, -0.1) is 0 Å². The molecule has 0 aliphatic carbocycles. The molecule has 0 unspecified atom stereocenters. The number of benzene rings is 1. The first-order valence-electron chi connectivity index (χ1n) is 4.98. The molecule has 0 spiro atoms. The van der Waals surface area contributed by atoms with Crippen molar-refractivity contribution in [2.75, 3.05) is 13.2 Å². The Morgan fingerprint density at radius 3 is 2.93 bits per heavy atom. The molecule has 1 aliphatic rings. The molecule has 1 amide bonds. The van der Waals surface area contributed by atoms with Crippen LogP contribution in [0, 0.1) is 0 Å². The van der Waals surface area contributed by atoms with Gasteiger partial charge in [0.2, 0.25) is 0 Å². The van der Waals surface area contributed by atoms with E-state index in [9.17, 15) is 4.79 Å². The van der Waals surface area contributed by atoms with Gasteiger partial charge < -0.3 is 0 Å². The van der Waals surface area contributed by atoms with Gasteiger partial charge >= 0.3 is 0 Å². The van der Waals surface area contributed by atoms with E-state index >= 15 is 0 Å². The molecule has 1 saturated heterocycles. The zero-order valence-corrected chi connectivity index (χ0v) is 9.87. The summed E-state index contributed by atoms with van der Waals surface area (Å²) in [5.41, 5.74) is 0.659. The number of nitrogens with zero attached hydrogens (tertiary/aromatic N) is 1. The zero-order valence-electron chi connectivity index (χ0n) is 8.28. The molecule has 1 aromatic carbocycles. The summed E-state index contributed by atoms with van der Waals surface area (Å²) in [7, 11) is 0. The van der Waals surface area contributed by atoms with Gasteiger partial charge in [-0.2, -0.15) is 0 Å². The van der Waals surface area contributed by atoms with Gasteiger partial charge in [-0.1, -0.05) is 22.0 Å². The maximum atomic E-state index is 11.9. The highest BCUT2D eigenvalue weighted by atomic mass is 79.9. The third-order valence-electron chi connectivity index (χ3n) is 2.30. The lowest BCUT2D eigenvalue weighted by molar-refractivity contribution is -0.144. The summed E-state index contributed by atoms with van der Waals surface area (Å²) in [6.07, 6.45) is 2.04. The molecular weight excluding hydrogens is 258 g/mol. The smallest absolute Gasteiger partial charge is 0.271 e. The van der Waals surface area contributed by atoms with Crippen LogP contribution in [-0.2, 0) is 4.84 Å². The first kappa shape index (κ1) is 10.6. The normalized spacial score (nSPS) is 16.5. The summed E-state index contributed by atoms with van der Waals surface area (Å²) >= 11 is 3.34. The number of amides is 1. The number of hydroxylamine groups is 2. The molecule has 15 heavy (non-hydrogen) atoms. The highest BCUT2D eigenvalue weighted by molar-refractivity contribution is 9.10. The Balaban J connectivity index is 2.12. The number of hydrogen-bond donors (Lipinski definition) is 0. The van der Waals surface area contributed by atoms with Crippen molar-refractivity contribution in [3.63, 3.8) is 0 Å². The predicted molar refractivity (Wildman–Crippen MR) is 60.4 cm³/mol. The van der Waals surface area contributed by atoms with Crippen LogP contribution < -0.4 is 0 Å². The Kier molecular flexibility index (Phi) is 3.38. The lowest BCUT2D eigenvalue weighted by atomic mass is 10.2. The minimum atomic E-state index is -0.0593. The summed E-state index contributed by atoms with van der Waals surface area (Å²) in [6, 6.07) is 7.35. The summed E-state index contributed by atoms with van der Waals surface area (Å²) in [5.74, 6) is -0.0593. The Hall–Kier alpha value is -0.870. The molecule has 0 saturated carbocycles. The Morgan fingerprint density at radius 2 is 2.27 bits per heavy atom. The van der Waals surface area contributed by atoms with Crippen molar-refractivity contribution in [1.82, 2.24) is 5.06 Å². The average molecular weight is 270 g/mol. The fraction of sp³-hybridized carbons (Fsp3) is 0.364. The molecule has 1 heterocycles. The number of halogens is 1. The molecule has 0 atom stereocenters. The molecule has 2 rings (SSSR count). The number of hydrogen-bond acceptors (Lipinski definition) is 2. The van der Waals surface area contributed by atoms with E-state index in [2.05, 4.69) is 15.9 Å². The van der Waals surface area contributed by atoms with E-state index in [0.29, 0.717) is 18.7 Å². The van der Waals surface area contributed by atoms with Gasteiger partial charge in [-0.3, -0.25) is 9.63 Å². The second kappa shape index (κ2) is 4.77. The van der Waals surface area contributed by atoms with Crippen molar-refractivity contribution in [2.24, 2.45) is 0 Å². The monoisotopic (exact) mass is 269 g/mol. The second-order valence-electron chi connectivity index (χ2n) is 3.46. The van der Waals surface area contributed by atoms with E-state index < -0.39 is 0 Å². The van der Waals surface area contributed by atoms with Gasteiger partial charge in [0.1, 0.15) is 0 Å². The maximum absolute atomic E-state index is 11.9. The maximum Gasteiger partial charge on any atom is 0.277 e. The van der Waals surface area contributed by atoms with Crippen LogP contribution in [0.2, 0.25) is 0 Å². The molecular formula is C11H12BrNO2. The Bertz CT molecular complexity index is 361. The van der Waals surface area contributed by atoms with Crippen LogP contribution >= 0.6 is 15.9 Å². The molecule has 1 aliphatic heterocycles. The first-order valence-corrected chi connectivity index (χ1v) is 5.77. The fourth-order valence-electron chi connectivity index (χ4n) is 1.52. The number of carbonyl (C=O) groups is 1. The minimum absolute atomic E-state index is 0.0593. The molecule has 0 radical (unpaired) electrons. The predicted octanol–water partition coefficient (Wildman–Crippen LogP) is 2.62. The van der Waals surface area contributed by atoms with Crippen LogP contribution in [-0.4, -0.2) is 24.1 Å². The van der Waals surface area contributed by atoms with Crippen LogP contribution in [0.15, 0.2) is 28.7 Å². The van der Waals surface area contributed by atoms with Crippen molar-refractivity contribution in [1.29, 1.82) is 0 Å². The van der Waals surface area contributed by atoms with Gasteiger partial charge in [0, 0.05) is 16.6 Å². The van der Waals surface area contributed by atoms with Gasteiger partial charge in [0.15, 0.2) is 0 Å². The van der Waals surface area contributed by atoms with E-state index in [-0.39, 0.29) is 5.91 Å². The van der Waals surface area contributed by atoms with Gasteiger partial charge in [0.05, 0.1) is 6.61 Å².